The van der Waals surface area contributed by atoms with Gasteiger partial charge in [-0.25, -0.2) is 0 Å². The summed E-state index contributed by atoms with van der Waals surface area (Å²) < 4.78 is 5.12. The summed E-state index contributed by atoms with van der Waals surface area (Å²) in [4.78, 5) is 16.5. The molecule has 0 unspecified atom stereocenters. The predicted octanol–water partition coefficient (Wildman–Crippen LogP) is 3.79. The Labute approximate surface area is 121 Å². The minimum atomic E-state index is -0.0172. The van der Waals surface area contributed by atoms with Gasteiger partial charge in [0.25, 0.3) is 0 Å². The summed E-state index contributed by atoms with van der Waals surface area (Å²) in [6, 6.07) is 4.37. The van der Waals surface area contributed by atoms with E-state index in [0.717, 1.165) is 37.8 Å². The van der Waals surface area contributed by atoms with Crippen LogP contribution >= 0.6 is 0 Å². The van der Waals surface area contributed by atoms with Crippen LogP contribution < -0.4 is 0 Å². The van der Waals surface area contributed by atoms with Gasteiger partial charge in [0.1, 0.15) is 0 Å². The van der Waals surface area contributed by atoms with Gasteiger partial charge < -0.3 is 4.74 Å². The van der Waals surface area contributed by atoms with Crippen LogP contribution in [0.5, 0.6) is 0 Å². The fourth-order valence-corrected chi connectivity index (χ4v) is 3.10. The molecule has 0 amide bonds. The first kappa shape index (κ1) is 15.0. The summed E-state index contributed by atoms with van der Waals surface area (Å²) in [5, 5.41) is 0. The van der Waals surface area contributed by atoms with E-state index in [9.17, 15) is 4.79 Å². The third-order valence-corrected chi connectivity index (χ3v) is 4.36. The third-order valence-electron chi connectivity index (χ3n) is 4.36. The molecule has 3 nitrogen and oxygen atoms in total. The van der Waals surface area contributed by atoms with E-state index in [1.165, 1.54) is 11.3 Å². The zero-order valence-corrected chi connectivity index (χ0v) is 12.8. The van der Waals surface area contributed by atoms with Crippen molar-refractivity contribution in [1.29, 1.82) is 0 Å². The van der Waals surface area contributed by atoms with Crippen molar-refractivity contribution in [3.63, 3.8) is 0 Å². The number of carbonyl (C=O) groups excluding carboxylic acids is 1. The Morgan fingerprint density at radius 2 is 1.95 bits per heavy atom. The van der Waals surface area contributed by atoms with E-state index < -0.39 is 0 Å². The number of aromatic nitrogens is 1. The van der Waals surface area contributed by atoms with Crippen LogP contribution in [0.1, 0.15) is 62.4 Å². The highest BCUT2D eigenvalue weighted by molar-refractivity contribution is 5.72. The van der Waals surface area contributed by atoms with E-state index >= 15 is 0 Å². The monoisotopic (exact) mass is 275 g/mol. The molecule has 1 aliphatic carbocycles. The molecule has 2 rings (SSSR count). The lowest BCUT2D eigenvalue weighted by atomic mass is 9.80. The molecule has 1 heterocycles. The highest BCUT2D eigenvalue weighted by Crippen LogP contribution is 2.35. The number of hydrogen-bond acceptors (Lipinski definition) is 3. The molecule has 1 aromatic heterocycles. The molecule has 0 atom stereocenters. The van der Waals surface area contributed by atoms with Crippen molar-refractivity contribution >= 4 is 5.97 Å². The van der Waals surface area contributed by atoms with Crippen molar-refractivity contribution in [2.75, 3.05) is 6.61 Å². The van der Waals surface area contributed by atoms with E-state index in [2.05, 4.69) is 26.0 Å². The maximum atomic E-state index is 11.7. The first-order valence-electron chi connectivity index (χ1n) is 7.78. The Bertz CT molecular complexity index is 462. The molecule has 0 N–H and O–H groups in total. The lowest BCUT2D eigenvalue weighted by Gasteiger charge is -2.27. The van der Waals surface area contributed by atoms with Crippen molar-refractivity contribution in [3.8, 4) is 0 Å². The number of carbonyl (C=O) groups is 1. The summed E-state index contributed by atoms with van der Waals surface area (Å²) in [5.74, 6) is 0.587. The molecule has 0 aromatic carbocycles. The summed E-state index contributed by atoms with van der Waals surface area (Å²) >= 11 is 0. The van der Waals surface area contributed by atoms with Crippen LogP contribution in [0.2, 0.25) is 0 Å². The van der Waals surface area contributed by atoms with E-state index in [1.54, 1.807) is 0 Å². The number of aryl methyl sites for hydroxylation is 2. The average molecular weight is 275 g/mol. The van der Waals surface area contributed by atoms with Crippen LogP contribution in [0, 0.1) is 12.8 Å². The SMILES string of the molecule is CCOC(=O)C1CCC(c2ccc(CC)c(C)n2)CC1. The van der Waals surface area contributed by atoms with E-state index in [0.29, 0.717) is 12.5 Å². The fourth-order valence-electron chi connectivity index (χ4n) is 3.10. The lowest BCUT2D eigenvalue weighted by molar-refractivity contribution is -0.149. The first-order chi connectivity index (χ1) is 9.65. The lowest BCUT2D eigenvalue weighted by Crippen LogP contribution is -2.23. The summed E-state index contributed by atoms with van der Waals surface area (Å²) in [7, 11) is 0. The van der Waals surface area contributed by atoms with Crippen molar-refractivity contribution in [3.05, 3.63) is 29.1 Å². The number of esters is 1. The predicted molar refractivity (Wildman–Crippen MR) is 79.7 cm³/mol. The van der Waals surface area contributed by atoms with Gasteiger partial charge in [-0.1, -0.05) is 13.0 Å². The molecule has 1 fully saturated rings. The van der Waals surface area contributed by atoms with Crippen LogP contribution in [0.4, 0.5) is 0 Å². The Hall–Kier alpha value is -1.38. The van der Waals surface area contributed by atoms with Crippen LogP contribution in [0.25, 0.3) is 0 Å². The van der Waals surface area contributed by atoms with E-state index in [1.807, 2.05) is 6.92 Å². The van der Waals surface area contributed by atoms with Crippen LogP contribution in [0.15, 0.2) is 12.1 Å². The summed E-state index contributed by atoms with van der Waals surface area (Å²) in [6.45, 7) is 6.60. The average Bonchev–Trinajstić information content (AvgIpc) is 2.47. The minimum Gasteiger partial charge on any atom is -0.466 e. The smallest absolute Gasteiger partial charge is 0.308 e. The highest BCUT2D eigenvalue weighted by atomic mass is 16.5. The zero-order valence-electron chi connectivity index (χ0n) is 12.8. The van der Waals surface area contributed by atoms with Gasteiger partial charge in [0.05, 0.1) is 12.5 Å². The van der Waals surface area contributed by atoms with Crippen LogP contribution in [-0.4, -0.2) is 17.6 Å². The Kier molecular flexibility index (Phi) is 5.16. The number of rotatable bonds is 4. The molecule has 0 radical (unpaired) electrons. The van der Waals surface area contributed by atoms with E-state index in [-0.39, 0.29) is 11.9 Å². The molecule has 1 saturated carbocycles. The van der Waals surface area contributed by atoms with E-state index in [4.69, 9.17) is 9.72 Å². The molecule has 110 valence electrons. The van der Waals surface area contributed by atoms with Crippen molar-refractivity contribution in [2.45, 2.75) is 58.8 Å². The van der Waals surface area contributed by atoms with Crippen molar-refractivity contribution < 1.29 is 9.53 Å². The molecule has 3 heteroatoms. The summed E-state index contributed by atoms with van der Waals surface area (Å²) in [5.41, 5.74) is 3.67. The molecular weight excluding hydrogens is 250 g/mol. The number of ether oxygens (including phenoxy) is 1. The molecule has 0 bridgehead atoms. The number of pyridine rings is 1. The Balaban J connectivity index is 1.97. The molecule has 20 heavy (non-hydrogen) atoms. The van der Waals surface area contributed by atoms with Gasteiger partial charge in [-0.2, -0.15) is 0 Å². The van der Waals surface area contributed by atoms with Gasteiger partial charge in [-0.3, -0.25) is 9.78 Å². The molecular formula is C17H25NO2. The second-order valence-electron chi connectivity index (χ2n) is 5.63. The number of nitrogens with zero attached hydrogens (tertiary/aromatic N) is 1. The number of hydrogen-bond donors (Lipinski definition) is 0. The molecule has 1 aliphatic rings. The van der Waals surface area contributed by atoms with Gasteiger partial charge in [0, 0.05) is 17.3 Å². The van der Waals surface area contributed by atoms with Gasteiger partial charge in [-0.05, 0) is 57.6 Å². The van der Waals surface area contributed by atoms with Gasteiger partial charge >= 0.3 is 5.97 Å². The minimum absolute atomic E-state index is 0.0172. The normalized spacial score (nSPS) is 22.6. The standard InChI is InChI=1S/C17H25NO2/c1-4-13-10-11-16(18-12(13)3)14-6-8-15(9-7-14)17(19)20-5-2/h10-11,14-15H,4-9H2,1-3H3. The van der Waals surface area contributed by atoms with Gasteiger partial charge in [0.15, 0.2) is 0 Å². The molecule has 1 aromatic rings. The second-order valence-corrected chi connectivity index (χ2v) is 5.63. The van der Waals surface area contributed by atoms with Gasteiger partial charge in [0.2, 0.25) is 0 Å². The van der Waals surface area contributed by atoms with Gasteiger partial charge in [-0.15, -0.1) is 0 Å². The van der Waals surface area contributed by atoms with Crippen LogP contribution in [0.3, 0.4) is 0 Å². The Morgan fingerprint density at radius 3 is 2.50 bits per heavy atom. The Morgan fingerprint density at radius 1 is 1.25 bits per heavy atom. The third kappa shape index (κ3) is 3.38. The molecule has 0 spiro atoms. The second kappa shape index (κ2) is 6.87. The largest absolute Gasteiger partial charge is 0.466 e. The van der Waals surface area contributed by atoms with Crippen LogP contribution in [-0.2, 0) is 16.0 Å². The summed E-state index contributed by atoms with van der Waals surface area (Å²) in [6.07, 6.45) is 4.98. The zero-order chi connectivity index (χ0) is 14.5. The fraction of sp³-hybridized carbons (Fsp3) is 0.647. The quantitative estimate of drug-likeness (QED) is 0.785. The highest BCUT2D eigenvalue weighted by Gasteiger charge is 2.28. The molecule has 0 aliphatic heterocycles. The topological polar surface area (TPSA) is 39.2 Å². The van der Waals surface area contributed by atoms with Crippen molar-refractivity contribution in [2.24, 2.45) is 5.92 Å². The first-order valence-corrected chi connectivity index (χ1v) is 7.78. The maximum Gasteiger partial charge on any atom is 0.308 e. The molecule has 0 saturated heterocycles. The maximum absolute atomic E-state index is 11.7. The van der Waals surface area contributed by atoms with Crippen molar-refractivity contribution in [1.82, 2.24) is 4.98 Å².